The lowest BCUT2D eigenvalue weighted by atomic mass is 9.89. The summed E-state index contributed by atoms with van der Waals surface area (Å²) in [7, 11) is 1.99. The predicted molar refractivity (Wildman–Crippen MR) is 64.2 cm³/mol. The highest BCUT2D eigenvalue weighted by molar-refractivity contribution is 5.00. The molecule has 0 unspecified atom stereocenters. The fourth-order valence-corrected chi connectivity index (χ4v) is 2.36. The Morgan fingerprint density at radius 2 is 2.06 bits per heavy atom. The first-order valence-electron chi connectivity index (χ1n) is 6.41. The Kier molecular flexibility index (Phi) is 3.93. The first-order chi connectivity index (χ1) is 7.81. The van der Waals surface area contributed by atoms with Crippen molar-refractivity contribution >= 4 is 0 Å². The van der Waals surface area contributed by atoms with Gasteiger partial charge in [-0.25, -0.2) is 4.98 Å². The third-order valence-electron chi connectivity index (χ3n) is 3.37. The molecule has 2 rings (SSSR count). The number of hydrogen-bond donors (Lipinski definition) is 1. The van der Waals surface area contributed by atoms with Crippen LogP contribution in [-0.2, 0) is 13.6 Å². The van der Waals surface area contributed by atoms with E-state index >= 15 is 0 Å². The van der Waals surface area contributed by atoms with Crippen molar-refractivity contribution in [1.29, 1.82) is 0 Å². The minimum Gasteiger partial charge on any atom is -0.310 e. The highest BCUT2D eigenvalue weighted by Crippen LogP contribution is 2.30. The summed E-state index contributed by atoms with van der Waals surface area (Å²) in [4.78, 5) is 4.66. The van der Waals surface area contributed by atoms with Crippen molar-refractivity contribution < 1.29 is 0 Å². The Morgan fingerprint density at radius 1 is 1.31 bits per heavy atom. The summed E-state index contributed by atoms with van der Waals surface area (Å²) in [6.07, 6.45) is 6.60. The molecule has 0 atom stereocenters. The van der Waals surface area contributed by atoms with Crippen LogP contribution >= 0.6 is 0 Å². The van der Waals surface area contributed by atoms with Crippen LogP contribution in [0.3, 0.4) is 0 Å². The van der Waals surface area contributed by atoms with E-state index in [0.29, 0.717) is 5.92 Å². The lowest BCUT2D eigenvalue weighted by molar-refractivity contribution is 0.427. The number of aromatic nitrogens is 3. The molecule has 1 N–H and O–H groups in total. The number of nitrogens with zero attached hydrogens (tertiary/aromatic N) is 3. The lowest BCUT2D eigenvalue weighted by Crippen LogP contribution is -2.15. The van der Waals surface area contributed by atoms with Gasteiger partial charge in [0.15, 0.2) is 5.82 Å². The molecule has 1 saturated carbocycles. The van der Waals surface area contributed by atoms with E-state index in [1.54, 1.807) is 0 Å². The lowest BCUT2D eigenvalue weighted by Gasteiger charge is -2.18. The van der Waals surface area contributed by atoms with Gasteiger partial charge in [-0.05, 0) is 19.4 Å². The van der Waals surface area contributed by atoms with Gasteiger partial charge in [0.25, 0.3) is 0 Å². The summed E-state index contributed by atoms with van der Waals surface area (Å²) in [6.45, 7) is 3.91. The van der Waals surface area contributed by atoms with E-state index < -0.39 is 0 Å². The van der Waals surface area contributed by atoms with Crippen LogP contribution in [0.4, 0.5) is 0 Å². The van der Waals surface area contributed by atoms with Gasteiger partial charge in [0.05, 0.1) is 6.54 Å². The molecule has 0 amide bonds. The first-order valence-corrected chi connectivity index (χ1v) is 6.41. The molecule has 90 valence electrons. The zero-order valence-electron chi connectivity index (χ0n) is 10.4. The predicted octanol–water partition coefficient (Wildman–Crippen LogP) is 1.97. The Labute approximate surface area is 97.5 Å². The molecule has 1 aromatic rings. The van der Waals surface area contributed by atoms with Crippen LogP contribution < -0.4 is 5.32 Å². The van der Waals surface area contributed by atoms with Crippen molar-refractivity contribution in [2.24, 2.45) is 7.05 Å². The minimum absolute atomic E-state index is 0.607. The minimum atomic E-state index is 0.607. The topological polar surface area (TPSA) is 42.7 Å². The molecule has 1 aromatic heterocycles. The molecule has 4 heteroatoms. The van der Waals surface area contributed by atoms with Gasteiger partial charge >= 0.3 is 0 Å². The van der Waals surface area contributed by atoms with Crippen LogP contribution in [0, 0.1) is 0 Å². The monoisotopic (exact) mass is 222 g/mol. The Morgan fingerprint density at radius 3 is 2.75 bits per heavy atom. The van der Waals surface area contributed by atoms with E-state index in [2.05, 4.69) is 22.3 Å². The van der Waals surface area contributed by atoms with E-state index in [9.17, 15) is 0 Å². The van der Waals surface area contributed by atoms with Crippen LogP contribution in [0.15, 0.2) is 0 Å². The third-order valence-corrected chi connectivity index (χ3v) is 3.37. The van der Waals surface area contributed by atoms with Crippen molar-refractivity contribution in [1.82, 2.24) is 20.1 Å². The second kappa shape index (κ2) is 5.43. The first kappa shape index (κ1) is 11.6. The van der Waals surface area contributed by atoms with Crippen LogP contribution in [0.1, 0.15) is 56.6 Å². The largest absolute Gasteiger partial charge is 0.310 e. The Hall–Kier alpha value is -0.900. The third kappa shape index (κ3) is 2.61. The number of hydrogen-bond acceptors (Lipinski definition) is 3. The molecule has 1 aliphatic rings. The van der Waals surface area contributed by atoms with Gasteiger partial charge in [0.2, 0.25) is 0 Å². The molecule has 4 nitrogen and oxygen atoms in total. The molecule has 0 bridgehead atoms. The summed E-state index contributed by atoms with van der Waals surface area (Å²) >= 11 is 0. The fraction of sp³-hybridized carbons (Fsp3) is 0.833. The van der Waals surface area contributed by atoms with E-state index in [1.807, 2.05) is 11.7 Å². The van der Waals surface area contributed by atoms with Crippen molar-refractivity contribution in [3.8, 4) is 0 Å². The van der Waals surface area contributed by atoms with Gasteiger partial charge in [0.1, 0.15) is 5.82 Å². The average Bonchev–Trinajstić information content (AvgIpc) is 2.69. The number of rotatable bonds is 4. The van der Waals surface area contributed by atoms with Crippen LogP contribution in [0.5, 0.6) is 0 Å². The quantitative estimate of drug-likeness (QED) is 0.847. The van der Waals surface area contributed by atoms with E-state index in [1.165, 1.54) is 32.1 Å². The molecular formula is C12H22N4. The summed E-state index contributed by atoms with van der Waals surface area (Å²) in [5, 5.41) is 7.85. The van der Waals surface area contributed by atoms with Crippen molar-refractivity contribution in [3.63, 3.8) is 0 Å². The molecule has 0 aliphatic heterocycles. The van der Waals surface area contributed by atoms with Gasteiger partial charge in [-0.1, -0.05) is 26.2 Å². The maximum atomic E-state index is 4.66. The molecule has 0 radical (unpaired) electrons. The van der Waals surface area contributed by atoms with E-state index in [0.717, 1.165) is 24.7 Å². The summed E-state index contributed by atoms with van der Waals surface area (Å²) in [5.41, 5.74) is 0. The van der Waals surface area contributed by atoms with Crippen LogP contribution in [0.2, 0.25) is 0 Å². The molecule has 1 aliphatic carbocycles. The summed E-state index contributed by atoms with van der Waals surface area (Å²) in [5.74, 6) is 2.73. The second-order valence-corrected chi connectivity index (χ2v) is 4.63. The maximum Gasteiger partial charge on any atom is 0.154 e. The maximum absolute atomic E-state index is 4.66. The molecule has 16 heavy (non-hydrogen) atoms. The summed E-state index contributed by atoms with van der Waals surface area (Å²) in [6, 6.07) is 0. The SMILES string of the molecule is CCNCc1nc(C2CCCCC2)nn1C. The zero-order valence-corrected chi connectivity index (χ0v) is 10.4. The van der Waals surface area contributed by atoms with E-state index in [4.69, 9.17) is 0 Å². The molecule has 1 fully saturated rings. The number of nitrogens with one attached hydrogen (secondary N) is 1. The Bertz CT molecular complexity index is 326. The molecular weight excluding hydrogens is 200 g/mol. The molecule has 0 spiro atoms. The van der Waals surface area contributed by atoms with Crippen molar-refractivity contribution in [2.75, 3.05) is 6.54 Å². The Balaban J connectivity index is 2.03. The highest BCUT2D eigenvalue weighted by Gasteiger charge is 2.20. The zero-order chi connectivity index (χ0) is 11.4. The molecule has 0 saturated heterocycles. The second-order valence-electron chi connectivity index (χ2n) is 4.63. The molecule has 1 heterocycles. The van der Waals surface area contributed by atoms with Crippen LogP contribution in [-0.4, -0.2) is 21.3 Å². The summed E-state index contributed by atoms with van der Waals surface area (Å²) < 4.78 is 1.92. The highest BCUT2D eigenvalue weighted by atomic mass is 15.3. The van der Waals surface area contributed by atoms with Crippen molar-refractivity contribution in [2.45, 2.75) is 51.5 Å². The fourth-order valence-electron chi connectivity index (χ4n) is 2.36. The van der Waals surface area contributed by atoms with Crippen LogP contribution in [0.25, 0.3) is 0 Å². The van der Waals surface area contributed by atoms with Crippen molar-refractivity contribution in [3.05, 3.63) is 11.6 Å². The normalized spacial score (nSPS) is 17.9. The standard InChI is InChI=1S/C12H22N4/c1-3-13-9-11-14-12(15-16(11)2)10-7-5-4-6-8-10/h10,13H,3-9H2,1-2H3. The van der Waals surface area contributed by atoms with Gasteiger partial charge in [-0.15, -0.1) is 0 Å². The van der Waals surface area contributed by atoms with Gasteiger partial charge in [0, 0.05) is 13.0 Å². The van der Waals surface area contributed by atoms with Gasteiger partial charge in [-0.3, -0.25) is 4.68 Å². The van der Waals surface area contributed by atoms with Gasteiger partial charge < -0.3 is 5.32 Å². The smallest absolute Gasteiger partial charge is 0.154 e. The average molecular weight is 222 g/mol. The molecule has 0 aromatic carbocycles. The van der Waals surface area contributed by atoms with E-state index in [-0.39, 0.29) is 0 Å². The number of aryl methyl sites for hydroxylation is 1. The van der Waals surface area contributed by atoms with Gasteiger partial charge in [-0.2, -0.15) is 5.10 Å².